The van der Waals surface area contributed by atoms with Gasteiger partial charge in [-0.1, -0.05) is 54.9 Å². The summed E-state index contributed by atoms with van der Waals surface area (Å²) in [6.45, 7) is 7.06. The number of hydrogen-bond acceptors (Lipinski definition) is 10. The first-order valence-electron chi connectivity index (χ1n) is 18.8. The van der Waals surface area contributed by atoms with E-state index in [9.17, 15) is 27.6 Å². The third kappa shape index (κ3) is 8.41. The average molecular weight is 820 g/mol. The SMILES string of the molecule is CCc1c(N2CC[C@H](C)N(C(=O)c3ncnc(C)c3OCc3ccccc3)CC2)c(=O)n2nc(C3=CCOCC3)nc2n1CC(=O)Nc1ccc(C(F)(F)F)cc1Cl. The average Bonchev–Trinajstić information content (AvgIpc) is 3.58. The Hall–Kier alpha value is -5.81. The zero-order chi connectivity index (χ0) is 41.1. The number of carbonyl (C=O) groups is 2. The van der Waals surface area contributed by atoms with Crippen LogP contribution >= 0.6 is 11.6 Å². The molecule has 7 rings (SSSR count). The van der Waals surface area contributed by atoms with Crippen LogP contribution in [0.25, 0.3) is 11.4 Å². The van der Waals surface area contributed by atoms with Crippen molar-refractivity contribution in [3.05, 3.63) is 110 Å². The van der Waals surface area contributed by atoms with E-state index in [-0.39, 0.29) is 60.4 Å². The van der Waals surface area contributed by atoms with E-state index < -0.39 is 23.2 Å². The van der Waals surface area contributed by atoms with Crippen LogP contribution < -0.4 is 20.5 Å². The predicted octanol–water partition coefficient (Wildman–Crippen LogP) is 5.99. The van der Waals surface area contributed by atoms with Gasteiger partial charge < -0.3 is 29.2 Å². The fourth-order valence-corrected chi connectivity index (χ4v) is 7.39. The quantitative estimate of drug-likeness (QED) is 0.178. The minimum Gasteiger partial charge on any atom is -0.485 e. The minimum atomic E-state index is -4.62. The Morgan fingerprint density at radius 2 is 1.88 bits per heavy atom. The van der Waals surface area contributed by atoms with Crippen molar-refractivity contribution in [3.63, 3.8) is 0 Å². The Bertz CT molecular complexity index is 2440. The molecule has 2 amide bonds. The molecule has 18 heteroatoms. The highest BCUT2D eigenvalue weighted by molar-refractivity contribution is 6.33. The number of benzene rings is 2. The van der Waals surface area contributed by atoms with Gasteiger partial charge in [-0.05, 0) is 62.4 Å². The second-order valence-electron chi connectivity index (χ2n) is 14.0. The first-order chi connectivity index (χ1) is 27.8. The molecular formula is C40H41ClF3N9O5. The summed E-state index contributed by atoms with van der Waals surface area (Å²) in [5.41, 5.74) is 1.73. The van der Waals surface area contributed by atoms with Gasteiger partial charge in [0.2, 0.25) is 11.7 Å². The van der Waals surface area contributed by atoms with Gasteiger partial charge in [0.25, 0.3) is 11.5 Å². The first kappa shape index (κ1) is 40.4. The molecule has 0 aliphatic carbocycles. The van der Waals surface area contributed by atoms with Crippen LogP contribution in [0.1, 0.15) is 65.5 Å². The van der Waals surface area contributed by atoms with Crippen molar-refractivity contribution in [1.82, 2.24) is 34.0 Å². The largest absolute Gasteiger partial charge is 0.485 e. The molecule has 1 fully saturated rings. The van der Waals surface area contributed by atoms with Crippen LogP contribution in [0.4, 0.5) is 24.5 Å². The molecule has 0 radical (unpaired) electrons. The number of fused-ring (bicyclic) bond motifs is 1. The van der Waals surface area contributed by atoms with Gasteiger partial charge in [-0.15, -0.1) is 5.10 Å². The topological polar surface area (TPSA) is 149 Å². The Labute approximate surface area is 336 Å². The molecule has 3 aromatic heterocycles. The molecule has 5 aromatic rings. The number of nitrogens with zero attached hydrogens (tertiary/aromatic N) is 8. The molecule has 304 valence electrons. The van der Waals surface area contributed by atoms with Gasteiger partial charge in [-0.25, -0.2) is 9.97 Å². The van der Waals surface area contributed by atoms with Crippen molar-refractivity contribution in [3.8, 4) is 5.75 Å². The van der Waals surface area contributed by atoms with Crippen LogP contribution in [0.2, 0.25) is 5.02 Å². The monoisotopic (exact) mass is 819 g/mol. The number of halogens is 4. The molecule has 2 aliphatic heterocycles. The van der Waals surface area contributed by atoms with E-state index in [1.807, 2.05) is 55.2 Å². The standard InChI is InChI=1S/C40H41ClF3N9O5/c1-4-31-34(50-15-12-24(2)51(17-16-50)37(55)33-35(25(3)45-23-46-33)58-22-26-8-6-5-7-9-26)38(56)53-39(48-36(49-53)27-13-18-57-19-14-27)52(31)21-32(54)47-30-11-10-28(20-29(30)41)40(42,43)44/h5-11,13,20,23-24H,4,12,14-19,21-22H2,1-3H3,(H,47,54)/t24-/m0/s1. The predicted molar refractivity (Wildman–Crippen MR) is 210 cm³/mol. The number of rotatable bonds is 10. The van der Waals surface area contributed by atoms with E-state index >= 15 is 0 Å². The van der Waals surface area contributed by atoms with Crippen molar-refractivity contribution >= 4 is 46.1 Å². The second kappa shape index (κ2) is 17.0. The van der Waals surface area contributed by atoms with Crippen molar-refractivity contribution in [1.29, 1.82) is 0 Å². The number of amides is 2. The zero-order valence-corrected chi connectivity index (χ0v) is 32.8. The summed E-state index contributed by atoms with van der Waals surface area (Å²) in [6, 6.07) is 12.0. The smallest absolute Gasteiger partial charge is 0.416 e. The van der Waals surface area contributed by atoms with E-state index in [1.54, 1.807) is 16.4 Å². The maximum atomic E-state index is 14.5. The summed E-state index contributed by atoms with van der Waals surface area (Å²) in [4.78, 5) is 59.4. The highest BCUT2D eigenvalue weighted by Crippen LogP contribution is 2.34. The number of alkyl halides is 3. The third-order valence-electron chi connectivity index (χ3n) is 10.2. The van der Waals surface area contributed by atoms with Gasteiger partial charge in [-0.2, -0.15) is 22.7 Å². The summed E-state index contributed by atoms with van der Waals surface area (Å²) in [6.07, 6.45) is -0.139. The van der Waals surface area contributed by atoms with Crippen molar-refractivity contribution in [2.45, 2.75) is 65.4 Å². The lowest BCUT2D eigenvalue weighted by atomic mass is 10.1. The highest BCUT2D eigenvalue weighted by Gasteiger charge is 2.33. The van der Waals surface area contributed by atoms with Crippen LogP contribution in [0.3, 0.4) is 0 Å². The van der Waals surface area contributed by atoms with E-state index in [0.717, 1.165) is 29.3 Å². The van der Waals surface area contributed by atoms with Gasteiger partial charge >= 0.3 is 6.18 Å². The molecule has 0 saturated carbocycles. The lowest BCUT2D eigenvalue weighted by Gasteiger charge is -2.28. The van der Waals surface area contributed by atoms with Crippen LogP contribution in [-0.2, 0) is 35.3 Å². The summed E-state index contributed by atoms with van der Waals surface area (Å²) < 4.78 is 54.3. The normalized spacial score (nSPS) is 16.3. The molecular weight excluding hydrogens is 779 g/mol. The Morgan fingerprint density at radius 3 is 2.59 bits per heavy atom. The van der Waals surface area contributed by atoms with Crippen molar-refractivity contribution in [2.24, 2.45) is 0 Å². The summed E-state index contributed by atoms with van der Waals surface area (Å²) >= 11 is 6.18. The van der Waals surface area contributed by atoms with Gasteiger partial charge in [0.1, 0.15) is 25.2 Å². The van der Waals surface area contributed by atoms with Gasteiger partial charge in [0.15, 0.2) is 17.3 Å². The second-order valence-corrected chi connectivity index (χ2v) is 14.4. The lowest BCUT2D eigenvalue weighted by molar-refractivity contribution is -0.137. The number of anilines is 2. The summed E-state index contributed by atoms with van der Waals surface area (Å²) in [7, 11) is 0. The van der Waals surface area contributed by atoms with Crippen LogP contribution in [0.15, 0.2) is 65.7 Å². The highest BCUT2D eigenvalue weighted by atomic mass is 35.5. The van der Waals surface area contributed by atoms with E-state index in [4.69, 9.17) is 26.1 Å². The van der Waals surface area contributed by atoms with Gasteiger partial charge in [-0.3, -0.25) is 14.4 Å². The molecule has 58 heavy (non-hydrogen) atoms. The number of carbonyl (C=O) groups excluding carboxylic acids is 2. The maximum absolute atomic E-state index is 14.5. The van der Waals surface area contributed by atoms with Crippen LogP contribution in [0.5, 0.6) is 5.75 Å². The molecule has 5 heterocycles. The molecule has 0 bridgehead atoms. The summed E-state index contributed by atoms with van der Waals surface area (Å²) in [5, 5.41) is 6.94. The maximum Gasteiger partial charge on any atom is 0.416 e. The van der Waals surface area contributed by atoms with Crippen molar-refractivity contribution in [2.75, 3.05) is 43.1 Å². The molecule has 1 atom stereocenters. The molecule has 14 nitrogen and oxygen atoms in total. The fraction of sp³-hybridized carbons (Fsp3) is 0.375. The molecule has 1 saturated heterocycles. The number of aromatic nitrogens is 6. The molecule has 0 unspecified atom stereocenters. The summed E-state index contributed by atoms with van der Waals surface area (Å²) in [5.74, 6) is -0.232. The van der Waals surface area contributed by atoms with E-state index in [1.165, 1.54) is 10.8 Å². The lowest BCUT2D eigenvalue weighted by Crippen LogP contribution is -2.41. The van der Waals surface area contributed by atoms with Gasteiger partial charge in [0, 0.05) is 25.7 Å². The Balaban J connectivity index is 1.21. The van der Waals surface area contributed by atoms with E-state index in [2.05, 4.69) is 20.4 Å². The molecule has 2 aliphatic rings. The first-order valence-corrected chi connectivity index (χ1v) is 19.2. The zero-order valence-electron chi connectivity index (χ0n) is 32.1. The molecule has 0 spiro atoms. The molecule has 2 aromatic carbocycles. The fourth-order valence-electron chi connectivity index (χ4n) is 7.16. The number of aryl methyl sites for hydroxylation is 1. The number of ether oxygens (including phenoxy) is 2. The molecule has 1 N–H and O–H groups in total. The Kier molecular flexibility index (Phi) is 11.8. The number of hydrogen-bond donors (Lipinski definition) is 1. The Morgan fingerprint density at radius 1 is 1.09 bits per heavy atom. The third-order valence-corrected chi connectivity index (χ3v) is 10.5. The van der Waals surface area contributed by atoms with Crippen LogP contribution in [0, 0.1) is 6.92 Å². The van der Waals surface area contributed by atoms with Crippen LogP contribution in [-0.4, -0.2) is 84.7 Å². The van der Waals surface area contributed by atoms with Gasteiger partial charge in [0.05, 0.1) is 40.9 Å². The van der Waals surface area contributed by atoms with Crippen molar-refractivity contribution < 1.29 is 32.2 Å². The minimum absolute atomic E-state index is 0.0108. The van der Waals surface area contributed by atoms with E-state index in [0.29, 0.717) is 67.7 Å². The number of nitrogens with one attached hydrogen (secondary N) is 1.